The van der Waals surface area contributed by atoms with Gasteiger partial charge < -0.3 is 0 Å². The molecule has 1 saturated heterocycles. The van der Waals surface area contributed by atoms with Crippen molar-refractivity contribution < 1.29 is 21.6 Å². The number of aromatic nitrogens is 2. The zero-order valence-electron chi connectivity index (χ0n) is 18.4. The predicted molar refractivity (Wildman–Crippen MR) is 116 cm³/mol. The van der Waals surface area contributed by atoms with Gasteiger partial charge in [-0.25, -0.2) is 21.1 Å². The van der Waals surface area contributed by atoms with Crippen LogP contribution in [0.15, 0.2) is 34.1 Å². The smallest absolute Gasteiger partial charge is 0.267 e. The lowest BCUT2D eigenvalue weighted by Gasteiger charge is -2.29. The molecule has 0 radical (unpaired) electrons. The van der Waals surface area contributed by atoms with E-state index in [0.717, 1.165) is 21.8 Å². The summed E-state index contributed by atoms with van der Waals surface area (Å²) in [4.78, 5) is 13.1. The minimum absolute atomic E-state index is 0.0276. The number of nitrogens with zero attached hydrogens (tertiary/aromatic N) is 4. The van der Waals surface area contributed by atoms with E-state index in [1.54, 1.807) is 6.92 Å². The SMILES string of the molecule is Cc1nn(C(=O)c2cccc(S(=O)(=O)N(C)C)c2)c(C)c1S(=O)(=O)N1CCC(C)CC1. The number of carbonyl (C=O) groups is 1. The van der Waals surface area contributed by atoms with Crippen LogP contribution >= 0.6 is 0 Å². The molecule has 170 valence electrons. The molecule has 0 bridgehead atoms. The van der Waals surface area contributed by atoms with Crippen LogP contribution in [0.1, 0.15) is 41.5 Å². The van der Waals surface area contributed by atoms with Gasteiger partial charge in [0, 0.05) is 32.7 Å². The van der Waals surface area contributed by atoms with E-state index in [0.29, 0.717) is 19.0 Å². The standard InChI is InChI=1S/C20H28N4O5S2/c1-14-9-11-23(12-10-14)31(28,29)19-15(2)21-24(16(19)3)20(25)17-7-6-8-18(13-17)30(26,27)22(4)5/h6-8,13-14H,9-12H2,1-5H3. The largest absolute Gasteiger partial charge is 0.278 e. The number of rotatable bonds is 5. The van der Waals surface area contributed by atoms with Gasteiger partial charge in [0.2, 0.25) is 20.0 Å². The third kappa shape index (κ3) is 4.32. The highest BCUT2D eigenvalue weighted by molar-refractivity contribution is 7.89. The normalized spacial score (nSPS) is 16.7. The van der Waals surface area contributed by atoms with Crippen LogP contribution in [-0.4, -0.2) is 68.3 Å². The molecule has 31 heavy (non-hydrogen) atoms. The molecule has 1 aromatic heterocycles. The molecule has 11 heteroatoms. The van der Waals surface area contributed by atoms with Crippen LogP contribution in [0.25, 0.3) is 0 Å². The summed E-state index contributed by atoms with van der Waals surface area (Å²) in [6.07, 6.45) is 1.58. The fourth-order valence-corrected chi connectivity index (χ4v) is 6.45. The van der Waals surface area contributed by atoms with Gasteiger partial charge in [-0.05, 0) is 50.8 Å². The van der Waals surface area contributed by atoms with Gasteiger partial charge in [-0.1, -0.05) is 13.0 Å². The third-order valence-electron chi connectivity index (χ3n) is 5.62. The van der Waals surface area contributed by atoms with Gasteiger partial charge in [0.25, 0.3) is 5.91 Å². The van der Waals surface area contributed by atoms with Crippen LogP contribution in [0.3, 0.4) is 0 Å². The predicted octanol–water partition coefficient (Wildman–Crippen LogP) is 1.86. The Bertz CT molecular complexity index is 1210. The van der Waals surface area contributed by atoms with Crippen LogP contribution < -0.4 is 0 Å². The molecule has 0 N–H and O–H groups in total. The minimum Gasteiger partial charge on any atom is -0.267 e. The number of aryl methyl sites for hydroxylation is 1. The fraction of sp³-hybridized carbons (Fsp3) is 0.500. The highest BCUT2D eigenvalue weighted by Gasteiger charge is 2.34. The topological polar surface area (TPSA) is 110 Å². The average Bonchev–Trinajstić information content (AvgIpc) is 3.02. The zero-order chi connectivity index (χ0) is 23.1. The van der Waals surface area contributed by atoms with Crippen molar-refractivity contribution in [3.63, 3.8) is 0 Å². The maximum atomic E-state index is 13.2. The van der Waals surface area contributed by atoms with Gasteiger partial charge in [-0.2, -0.15) is 14.1 Å². The summed E-state index contributed by atoms with van der Waals surface area (Å²) in [5, 5.41) is 4.19. The molecule has 0 unspecified atom stereocenters. The summed E-state index contributed by atoms with van der Waals surface area (Å²) in [7, 11) is -4.70. The molecule has 1 fully saturated rings. The number of piperidine rings is 1. The molecular formula is C20H28N4O5S2. The molecule has 2 aromatic rings. The van der Waals surface area contributed by atoms with Crippen LogP contribution in [0.2, 0.25) is 0 Å². The zero-order valence-corrected chi connectivity index (χ0v) is 20.0. The summed E-state index contributed by atoms with van der Waals surface area (Å²) in [6.45, 7) is 6.07. The lowest BCUT2D eigenvalue weighted by Crippen LogP contribution is -2.38. The number of sulfonamides is 2. The maximum Gasteiger partial charge on any atom is 0.278 e. The molecule has 0 spiro atoms. The second kappa shape index (κ2) is 8.45. The van der Waals surface area contributed by atoms with Gasteiger partial charge in [-0.15, -0.1) is 0 Å². The Labute approximate surface area is 183 Å². The first-order chi connectivity index (χ1) is 14.4. The molecular weight excluding hydrogens is 440 g/mol. The molecule has 0 saturated carbocycles. The van der Waals surface area contributed by atoms with Crippen molar-refractivity contribution in [3.8, 4) is 0 Å². The van der Waals surface area contributed by atoms with Gasteiger partial charge in [0.15, 0.2) is 0 Å². The van der Waals surface area contributed by atoms with E-state index < -0.39 is 26.0 Å². The molecule has 9 nitrogen and oxygen atoms in total. The lowest BCUT2D eigenvalue weighted by molar-refractivity contribution is 0.0942. The van der Waals surface area contributed by atoms with Crippen molar-refractivity contribution in [2.45, 2.75) is 43.4 Å². The van der Waals surface area contributed by atoms with Crippen molar-refractivity contribution in [3.05, 3.63) is 41.2 Å². The highest BCUT2D eigenvalue weighted by Crippen LogP contribution is 2.28. The van der Waals surface area contributed by atoms with Gasteiger partial charge >= 0.3 is 0 Å². The first kappa shape index (κ1) is 23.6. The van der Waals surface area contributed by atoms with Crippen molar-refractivity contribution in [2.24, 2.45) is 5.92 Å². The third-order valence-corrected chi connectivity index (χ3v) is 9.58. The van der Waals surface area contributed by atoms with Gasteiger partial charge in [-0.3, -0.25) is 4.79 Å². The Balaban J connectivity index is 2.00. The average molecular weight is 469 g/mol. The Morgan fingerprint density at radius 2 is 1.71 bits per heavy atom. The van der Waals surface area contributed by atoms with Crippen molar-refractivity contribution >= 4 is 26.0 Å². The number of hydrogen-bond donors (Lipinski definition) is 0. The highest BCUT2D eigenvalue weighted by atomic mass is 32.2. The van der Waals surface area contributed by atoms with Crippen molar-refractivity contribution in [1.82, 2.24) is 18.4 Å². The number of hydrogen-bond acceptors (Lipinski definition) is 6. The Morgan fingerprint density at radius 3 is 2.29 bits per heavy atom. The van der Waals surface area contributed by atoms with E-state index in [4.69, 9.17) is 0 Å². The molecule has 0 amide bonds. The summed E-state index contributed by atoms with van der Waals surface area (Å²) in [5.41, 5.74) is 0.549. The van der Waals surface area contributed by atoms with Crippen molar-refractivity contribution in [1.29, 1.82) is 0 Å². The van der Waals surface area contributed by atoms with E-state index in [2.05, 4.69) is 12.0 Å². The molecule has 1 aliphatic rings. The van der Waals surface area contributed by atoms with Crippen LogP contribution in [0, 0.1) is 19.8 Å². The Kier molecular flexibility index (Phi) is 6.43. The van der Waals surface area contributed by atoms with Gasteiger partial charge in [0.05, 0.1) is 16.3 Å². The minimum atomic E-state index is -3.79. The van der Waals surface area contributed by atoms with Crippen LogP contribution in [0.5, 0.6) is 0 Å². The summed E-state index contributed by atoms with van der Waals surface area (Å²) < 4.78 is 54.8. The Morgan fingerprint density at radius 1 is 1.10 bits per heavy atom. The number of carbonyl (C=O) groups excluding carboxylic acids is 1. The van der Waals surface area contributed by atoms with Crippen LogP contribution in [-0.2, 0) is 20.0 Å². The van der Waals surface area contributed by atoms with Crippen molar-refractivity contribution in [2.75, 3.05) is 27.2 Å². The van der Waals surface area contributed by atoms with E-state index >= 15 is 0 Å². The van der Waals surface area contributed by atoms with E-state index in [9.17, 15) is 21.6 Å². The molecule has 3 rings (SSSR count). The molecule has 0 aliphatic carbocycles. The maximum absolute atomic E-state index is 13.2. The van der Waals surface area contributed by atoms with E-state index in [1.165, 1.54) is 49.6 Å². The summed E-state index contributed by atoms with van der Waals surface area (Å²) >= 11 is 0. The molecule has 2 heterocycles. The van der Waals surface area contributed by atoms with Crippen LogP contribution in [0.4, 0.5) is 0 Å². The summed E-state index contributed by atoms with van der Waals surface area (Å²) in [6, 6.07) is 5.63. The monoisotopic (exact) mass is 468 g/mol. The summed E-state index contributed by atoms with van der Waals surface area (Å²) in [5.74, 6) is -0.117. The lowest BCUT2D eigenvalue weighted by atomic mass is 10.0. The quantitative estimate of drug-likeness (QED) is 0.663. The Hall–Kier alpha value is -2.08. The number of benzene rings is 1. The molecule has 0 atom stereocenters. The van der Waals surface area contributed by atoms with Gasteiger partial charge in [0.1, 0.15) is 4.90 Å². The first-order valence-corrected chi connectivity index (χ1v) is 12.9. The van der Waals surface area contributed by atoms with E-state index in [-0.39, 0.29) is 26.7 Å². The molecule has 1 aromatic carbocycles. The van der Waals surface area contributed by atoms with E-state index in [1.807, 2.05) is 0 Å². The second-order valence-corrected chi connectivity index (χ2v) is 12.1. The first-order valence-electron chi connectivity index (χ1n) is 10.0. The second-order valence-electron chi connectivity index (χ2n) is 8.12. The fourth-order valence-electron chi connectivity index (χ4n) is 3.68. The molecule has 1 aliphatic heterocycles.